The van der Waals surface area contributed by atoms with E-state index in [4.69, 9.17) is 4.74 Å². The zero-order valence-electron chi connectivity index (χ0n) is 11.9. The Morgan fingerprint density at radius 3 is 2.70 bits per heavy atom. The van der Waals surface area contributed by atoms with Crippen LogP contribution in [0.1, 0.15) is 29.8 Å². The zero-order valence-corrected chi connectivity index (χ0v) is 11.9. The summed E-state index contributed by atoms with van der Waals surface area (Å²) < 4.78 is 5.57. The van der Waals surface area contributed by atoms with Gasteiger partial charge in [-0.3, -0.25) is 14.9 Å². The molecule has 0 N–H and O–H groups in total. The molecule has 1 heterocycles. The van der Waals surface area contributed by atoms with E-state index in [2.05, 4.69) is 0 Å². The normalized spacial score (nSPS) is 17.9. The molecule has 0 atom stereocenters. The highest BCUT2D eigenvalue weighted by Gasteiger charge is 2.30. The number of morpholine rings is 1. The minimum atomic E-state index is -0.443. The summed E-state index contributed by atoms with van der Waals surface area (Å²) in [5, 5.41) is 10.8. The average molecular weight is 278 g/mol. The van der Waals surface area contributed by atoms with Crippen LogP contribution in [0.25, 0.3) is 0 Å². The molecular formula is C14H18N2O4. The first-order valence-corrected chi connectivity index (χ1v) is 6.48. The van der Waals surface area contributed by atoms with Gasteiger partial charge in [0.1, 0.15) is 0 Å². The summed E-state index contributed by atoms with van der Waals surface area (Å²) in [7, 11) is 0. The molecule has 6 heteroatoms. The summed E-state index contributed by atoms with van der Waals surface area (Å²) in [5.41, 5.74) is 0.645. The number of nitrogens with zero attached hydrogens (tertiary/aromatic N) is 2. The monoisotopic (exact) mass is 278 g/mol. The van der Waals surface area contributed by atoms with E-state index in [-0.39, 0.29) is 17.2 Å². The van der Waals surface area contributed by atoms with Crippen LogP contribution in [-0.4, -0.2) is 41.0 Å². The maximum absolute atomic E-state index is 12.4. The average Bonchev–Trinajstić information content (AvgIpc) is 2.36. The van der Waals surface area contributed by atoms with E-state index in [0.717, 1.165) is 0 Å². The van der Waals surface area contributed by atoms with Gasteiger partial charge in [-0.2, -0.15) is 0 Å². The number of rotatable bonds is 2. The lowest BCUT2D eigenvalue weighted by molar-refractivity contribution is -0.385. The Balaban J connectivity index is 2.21. The molecule has 0 aliphatic carbocycles. The summed E-state index contributed by atoms with van der Waals surface area (Å²) >= 11 is 0. The Hall–Kier alpha value is -1.95. The lowest BCUT2D eigenvalue weighted by atomic mass is 10.0. The van der Waals surface area contributed by atoms with Gasteiger partial charge in [0, 0.05) is 30.3 Å². The van der Waals surface area contributed by atoms with Crippen LogP contribution in [0.4, 0.5) is 5.69 Å². The van der Waals surface area contributed by atoms with Gasteiger partial charge in [-0.05, 0) is 32.9 Å². The fourth-order valence-corrected chi connectivity index (χ4v) is 2.37. The summed E-state index contributed by atoms with van der Waals surface area (Å²) in [6.45, 7) is 7.07. The summed E-state index contributed by atoms with van der Waals surface area (Å²) in [5.74, 6) is -0.112. The Bertz CT molecular complexity index is 554. The number of ether oxygens (including phenoxy) is 1. The molecule has 6 nitrogen and oxygen atoms in total. The molecule has 0 aromatic heterocycles. The highest BCUT2D eigenvalue weighted by atomic mass is 16.6. The van der Waals surface area contributed by atoms with Gasteiger partial charge in [-0.15, -0.1) is 0 Å². The van der Waals surface area contributed by atoms with Gasteiger partial charge in [0.15, 0.2) is 0 Å². The van der Waals surface area contributed by atoms with E-state index in [1.807, 2.05) is 13.8 Å². The molecule has 1 aromatic carbocycles. The lowest BCUT2D eigenvalue weighted by Crippen LogP contribution is -2.50. The maximum atomic E-state index is 12.4. The van der Waals surface area contributed by atoms with E-state index in [9.17, 15) is 14.9 Å². The third-order valence-electron chi connectivity index (χ3n) is 3.35. The molecule has 0 bridgehead atoms. The standard InChI is InChI=1S/C14H18N2O4/c1-10-8-11(4-5-12(10)16(18)19)13(17)15-6-7-20-14(2,3)9-15/h4-5,8H,6-7,9H2,1-3H3. The van der Waals surface area contributed by atoms with Crippen LogP contribution in [-0.2, 0) is 4.74 Å². The molecule has 1 aromatic rings. The van der Waals surface area contributed by atoms with Crippen LogP contribution in [0.15, 0.2) is 18.2 Å². The third-order valence-corrected chi connectivity index (χ3v) is 3.35. The molecule has 2 rings (SSSR count). The van der Waals surface area contributed by atoms with Crippen LogP contribution < -0.4 is 0 Å². The molecule has 0 saturated carbocycles. The molecule has 0 unspecified atom stereocenters. The second-order valence-corrected chi connectivity index (χ2v) is 5.59. The Labute approximate surface area is 117 Å². The zero-order chi connectivity index (χ0) is 14.9. The predicted octanol–water partition coefficient (Wildman–Crippen LogP) is 2.15. The fourth-order valence-electron chi connectivity index (χ4n) is 2.37. The molecule has 1 fully saturated rings. The number of hydrogen-bond acceptors (Lipinski definition) is 4. The van der Waals surface area contributed by atoms with Crippen LogP contribution >= 0.6 is 0 Å². The number of amides is 1. The van der Waals surface area contributed by atoms with E-state index in [0.29, 0.717) is 30.8 Å². The summed E-state index contributed by atoms with van der Waals surface area (Å²) in [4.78, 5) is 24.5. The number of carbonyl (C=O) groups is 1. The first-order chi connectivity index (χ1) is 9.30. The van der Waals surface area contributed by atoms with Gasteiger partial charge in [0.25, 0.3) is 11.6 Å². The minimum absolute atomic E-state index is 0.0313. The molecule has 1 aliphatic heterocycles. The van der Waals surface area contributed by atoms with E-state index in [1.54, 1.807) is 17.9 Å². The first-order valence-electron chi connectivity index (χ1n) is 6.48. The van der Waals surface area contributed by atoms with Crippen molar-refractivity contribution in [1.82, 2.24) is 4.90 Å². The number of aryl methyl sites for hydroxylation is 1. The van der Waals surface area contributed by atoms with Crippen LogP contribution in [0.3, 0.4) is 0 Å². The molecule has 108 valence electrons. The lowest BCUT2D eigenvalue weighted by Gasteiger charge is -2.38. The highest BCUT2D eigenvalue weighted by Crippen LogP contribution is 2.22. The SMILES string of the molecule is Cc1cc(C(=O)N2CCOC(C)(C)C2)ccc1[N+](=O)[O-]. The molecule has 1 amide bonds. The Morgan fingerprint density at radius 2 is 2.15 bits per heavy atom. The Kier molecular flexibility index (Phi) is 3.76. The third kappa shape index (κ3) is 2.96. The molecule has 1 aliphatic rings. The van der Waals surface area contributed by atoms with Crippen molar-refractivity contribution in [3.8, 4) is 0 Å². The van der Waals surface area contributed by atoms with Crippen LogP contribution in [0, 0.1) is 17.0 Å². The van der Waals surface area contributed by atoms with Crippen molar-refractivity contribution in [3.05, 3.63) is 39.4 Å². The van der Waals surface area contributed by atoms with Crippen LogP contribution in [0.5, 0.6) is 0 Å². The maximum Gasteiger partial charge on any atom is 0.272 e. The fraction of sp³-hybridized carbons (Fsp3) is 0.500. The molecular weight excluding hydrogens is 260 g/mol. The number of carbonyl (C=O) groups excluding carboxylic acids is 1. The van der Waals surface area contributed by atoms with Crippen molar-refractivity contribution in [2.45, 2.75) is 26.4 Å². The summed E-state index contributed by atoms with van der Waals surface area (Å²) in [6.07, 6.45) is 0. The molecule has 20 heavy (non-hydrogen) atoms. The second-order valence-electron chi connectivity index (χ2n) is 5.59. The van der Waals surface area contributed by atoms with Crippen LogP contribution in [0.2, 0.25) is 0 Å². The first kappa shape index (κ1) is 14.5. The van der Waals surface area contributed by atoms with Gasteiger partial charge < -0.3 is 9.64 Å². The van der Waals surface area contributed by atoms with Gasteiger partial charge in [-0.25, -0.2) is 0 Å². The van der Waals surface area contributed by atoms with Gasteiger partial charge in [0.05, 0.1) is 17.1 Å². The number of nitro benzene ring substituents is 1. The van der Waals surface area contributed by atoms with Gasteiger partial charge in [-0.1, -0.05) is 0 Å². The largest absolute Gasteiger partial charge is 0.372 e. The van der Waals surface area contributed by atoms with Gasteiger partial charge in [0.2, 0.25) is 0 Å². The van der Waals surface area contributed by atoms with Crippen molar-refractivity contribution >= 4 is 11.6 Å². The number of hydrogen-bond donors (Lipinski definition) is 0. The van der Waals surface area contributed by atoms with E-state index >= 15 is 0 Å². The number of benzene rings is 1. The van der Waals surface area contributed by atoms with Crippen molar-refractivity contribution in [1.29, 1.82) is 0 Å². The molecule has 0 spiro atoms. The second kappa shape index (κ2) is 5.20. The predicted molar refractivity (Wildman–Crippen MR) is 73.8 cm³/mol. The van der Waals surface area contributed by atoms with Crippen molar-refractivity contribution < 1.29 is 14.5 Å². The van der Waals surface area contributed by atoms with Gasteiger partial charge >= 0.3 is 0 Å². The van der Waals surface area contributed by atoms with Crippen molar-refractivity contribution in [2.24, 2.45) is 0 Å². The van der Waals surface area contributed by atoms with Crippen molar-refractivity contribution in [3.63, 3.8) is 0 Å². The Morgan fingerprint density at radius 1 is 1.45 bits per heavy atom. The van der Waals surface area contributed by atoms with E-state index < -0.39 is 4.92 Å². The highest BCUT2D eigenvalue weighted by molar-refractivity contribution is 5.94. The summed E-state index contributed by atoms with van der Waals surface area (Å²) in [6, 6.07) is 4.47. The molecule has 1 saturated heterocycles. The smallest absolute Gasteiger partial charge is 0.272 e. The molecule has 0 radical (unpaired) electrons. The van der Waals surface area contributed by atoms with Crippen molar-refractivity contribution in [2.75, 3.05) is 19.7 Å². The quantitative estimate of drug-likeness (QED) is 0.614. The number of nitro groups is 1. The topological polar surface area (TPSA) is 72.7 Å². The minimum Gasteiger partial charge on any atom is -0.372 e. The van der Waals surface area contributed by atoms with E-state index in [1.165, 1.54) is 12.1 Å².